The predicted molar refractivity (Wildman–Crippen MR) is 119 cm³/mol. The van der Waals surface area contributed by atoms with E-state index in [0.29, 0.717) is 31.7 Å². The maximum atomic E-state index is 12.8. The molecule has 164 valence electrons. The lowest BCUT2D eigenvalue weighted by atomic mass is 10.1. The summed E-state index contributed by atoms with van der Waals surface area (Å²) < 4.78 is 5.42. The number of hydrogen-bond donors (Lipinski definition) is 2. The minimum Gasteiger partial charge on any atom is -0.379 e. The van der Waals surface area contributed by atoms with Gasteiger partial charge in [0.1, 0.15) is 0 Å². The van der Waals surface area contributed by atoms with Gasteiger partial charge in [-0.05, 0) is 49.1 Å². The molecule has 1 aromatic carbocycles. The first-order chi connectivity index (χ1) is 15.2. The number of unbranched alkanes of at least 4 members (excludes halogenated alkanes) is 1. The molecule has 1 aliphatic heterocycles. The molecule has 1 aromatic heterocycles. The Labute approximate surface area is 182 Å². The van der Waals surface area contributed by atoms with Crippen molar-refractivity contribution in [2.24, 2.45) is 5.10 Å². The second-order valence-corrected chi connectivity index (χ2v) is 7.30. The quantitative estimate of drug-likeness (QED) is 0.345. The van der Waals surface area contributed by atoms with Gasteiger partial charge in [0, 0.05) is 37.6 Å². The molecule has 1 saturated heterocycles. The molecule has 0 saturated carbocycles. The highest BCUT2D eigenvalue weighted by Gasteiger charge is 2.26. The van der Waals surface area contributed by atoms with Crippen molar-refractivity contribution in [2.75, 3.05) is 32.8 Å². The summed E-state index contributed by atoms with van der Waals surface area (Å²) in [6.45, 7) is 3.26. The molecule has 8 heteroatoms. The summed E-state index contributed by atoms with van der Waals surface area (Å²) in [6, 6.07) is 12.5. The van der Waals surface area contributed by atoms with Gasteiger partial charge in [0.25, 0.3) is 11.8 Å². The van der Waals surface area contributed by atoms with Crippen molar-refractivity contribution < 1.29 is 14.3 Å². The minimum atomic E-state index is -0.275. The number of carbonyl (C=O) groups is 2. The Morgan fingerprint density at radius 2 is 1.84 bits per heavy atom. The molecule has 1 unspecified atom stereocenters. The summed E-state index contributed by atoms with van der Waals surface area (Å²) in [5.41, 5.74) is 4.19. The SMILES string of the molecule is O=C(NCCCCC(C(=O)NN=Cc1ccncc1)N1CCOCC1)c1ccccc1. The highest BCUT2D eigenvalue weighted by Crippen LogP contribution is 2.12. The van der Waals surface area contributed by atoms with Crippen LogP contribution in [0.4, 0.5) is 0 Å². The summed E-state index contributed by atoms with van der Waals surface area (Å²) in [4.78, 5) is 31.0. The highest BCUT2D eigenvalue weighted by molar-refractivity contribution is 5.94. The molecule has 0 aliphatic carbocycles. The van der Waals surface area contributed by atoms with E-state index in [9.17, 15) is 9.59 Å². The average Bonchev–Trinajstić information content (AvgIpc) is 2.83. The van der Waals surface area contributed by atoms with Gasteiger partial charge in [-0.2, -0.15) is 5.10 Å². The van der Waals surface area contributed by atoms with Crippen LogP contribution in [-0.2, 0) is 9.53 Å². The molecule has 1 aliphatic rings. The zero-order chi connectivity index (χ0) is 21.7. The molecule has 3 rings (SSSR count). The van der Waals surface area contributed by atoms with Crippen LogP contribution in [0.5, 0.6) is 0 Å². The molecule has 2 amide bonds. The summed E-state index contributed by atoms with van der Waals surface area (Å²) in [5.74, 6) is -0.200. The Balaban J connectivity index is 1.46. The van der Waals surface area contributed by atoms with Crippen molar-refractivity contribution in [3.63, 3.8) is 0 Å². The lowest BCUT2D eigenvalue weighted by Crippen LogP contribution is -2.50. The summed E-state index contributed by atoms with van der Waals surface area (Å²) >= 11 is 0. The molecule has 31 heavy (non-hydrogen) atoms. The molecule has 0 radical (unpaired) electrons. The number of amides is 2. The number of morpholine rings is 1. The number of nitrogens with one attached hydrogen (secondary N) is 2. The smallest absolute Gasteiger partial charge is 0.257 e. The first-order valence-electron chi connectivity index (χ1n) is 10.6. The van der Waals surface area contributed by atoms with Crippen LogP contribution in [0.25, 0.3) is 0 Å². The van der Waals surface area contributed by atoms with Crippen LogP contribution in [-0.4, -0.2) is 66.8 Å². The zero-order valence-corrected chi connectivity index (χ0v) is 17.6. The Kier molecular flexibility index (Phi) is 9.15. The van der Waals surface area contributed by atoms with E-state index in [-0.39, 0.29) is 17.9 Å². The van der Waals surface area contributed by atoms with Crippen molar-refractivity contribution in [1.29, 1.82) is 0 Å². The Hall–Kier alpha value is -3.10. The number of benzene rings is 1. The third-order valence-corrected chi connectivity index (χ3v) is 5.11. The molecular weight excluding hydrogens is 394 g/mol. The fraction of sp³-hybridized carbons (Fsp3) is 0.391. The Bertz CT molecular complexity index is 839. The van der Waals surface area contributed by atoms with E-state index < -0.39 is 0 Å². The topological polar surface area (TPSA) is 95.9 Å². The number of carbonyl (C=O) groups excluding carboxylic acids is 2. The average molecular weight is 424 g/mol. The van der Waals surface area contributed by atoms with Crippen molar-refractivity contribution in [3.8, 4) is 0 Å². The fourth-order valence-electron chi connectivity index (χ4n) is 3.42. The number of rotatable bonds is 10. The van der Waals surface area contributed by atoms with E-state index in [1.807, 2.05) is 30.3 Å². The van der Waals surface area contributed by atoms with Gasteiger partial charge in [0.2, 0.25) is 0 Å². The Morgan fingerprint density at radius 3 is 2.58 bits per heavy atom. The molecule has 1 atom stereocenters. The summed E-state index contributed by atoms with van der Waals surface area (Å²) in [6.07, 6.45) is 7.27. The van der Waals surface area contributed by atoms with Crippen LogP contribution in [0.15, 0.2) is 60.0 Å². The normalized spacial score (nSPS) is 15.5. The van der Waals surface area contributed by atoms with Gasteiger partial charge in [-0.15, -0.1) is 0 Å². The fourth-order valence-corrected chi connectivity index (χ4v) is 3.42. The van der Waals surface area contributed by atoms with Crippen LogP contribution in [0.2, 0.25) is 0 Å². The number of ether oxygens (including phenoxy) is 1. The standard InChI is InChI=1S/C23H29N5O3/c29-22(20-6-2-1-3-7-20)25-11-5-4-8-21(28-14-16-31-17-15-28)23(30)27-26-18-19-9-12-24-13-10-19/h1-3,6-7,9-10,12-13,18,21H,4-5,8,11,14-17H2,(H,25,29)(H,27,30). The maximum absolute atomic E-state index is 12.8. The second kappa shape index (κ2) is 12.6. The van der Waals surface area contributed by atoms with Crippen LogP contribution >= 0.6 is 0 Å². The van der Waals surface area contributed by atoms with E-state index in [1.165, 1.54) is 0 Å². The van der Waals surface area contributed by atoms with Gasteiger partial charge in [-0.25, -0.2) is 5.43 Å². The van der Waals surface area contributed by atoms with Gasteiger partial charge in [-0.3, -0.25) is 19.5 Å². The van der Waals surface area contributed by atoms with Gasteiger partial charge < -0.3 is 10.1 Å². The van der Waals surface area contributed by atoms with Crippen molar-refractivity contribution in [2.45, 2.75) is 25.3 Å². The third kappa shape index (κ3) is 7.58. The van der Waals surface area contributed by atoms with Gasteiger partial charge >= 0.3 is 0 Å². The molecule has 2 N–H and O–H groups in total. The number of nitrogens with zero attached hydrogens (tertiary/aromatic N) is 3. The molecule has 1 fully saturated rings. The monoisotopic (exact) mass is 423 g/mol. The first kappa shape index (κ1) is 22.6. The van der Waals surface area contributed by atoms with Crippen molar-refractivity contribution in [3.05, 3.63) is 66.0 Å². The van der Waals surface area contributed by atoms with E-state index in [0.717, 1.165) is 31.5 Å². The maximum Gasteiger partial charge on any atom is 0.257 e. The predicted octanol–water partition coefficient (Wildman–Crippen LogP) is 1.83. The zero-order valence-electron chi connectivity index (χ0n) is 17.6. The van der Waals surface area contributed by atoms with E-state index >= 15 is 0 Å². The molecule has 2 heterocycles. The molecule has 2 aromatic rings. The van der Waals surface area contributed by atoms with Gasteiger partial charge in [-0.1, -0.05) is 18.2 Å². The first-order valence-corrected chi connectivity index (χ1v) is 10.6. The summed E-state index contributed by atoms with van der Waals surface area (Å²) in [7, 11) is 0. The molecule has 8 nitrogen and oxygen atoms in total. The highest BCUT2D eigenvalue weighted by atomic mass is 16.5. The minimum absolute atomic E-state index is 0.0754. The molecule has 0 spiro atoms. The largest absolute Gasteiger partial charge is 0.379 e. The van der Waals surface area contributed by atoms with Gasteiger partial charge in [0.05, 0.1) is 25.5 Å². The van der Waals surface area contributed by atoms with E-state index in [2.05, 4.69) is 25.7 Å². The van der Waals surface area contributed by atoms with Crippen molar-refractivity contribution >= 4 is 18.0 Å². The molecule has 0 bridgehead atoms. The Morgan fingerprint density at radius 1 is 1.10 bits per heavy atom. The van der Waals surface area contributed by atoms with Crippen LogP contribution in [0.1, 0.15) is 35.2 Å². The van der Waals surface area contributed by atoms with E-state index in [1.54, 1.807) is 30.7 Å². The van der Waals surface area contributed by atoms with Crippen LogP contribution in [0.3, 0.4) is 0 Å². The lowest BCUT2D eigenvalue weighted by Gasteiger charge is -2.33. The summed E-state index contributed by atoms with van der Waals surface area (Å²) in [5, 5.41) is 7.02. The number of hydrazone groups is 1. The number of aromatic nitrogens is 1. The molecular formula is C23H29N5O3. The second-order valence-electron chi connectivity index (χ2n) is 7.30. The van der Waals surface area contributed by atoms with E-state index in [4.69, 9.17) is 4.74 Å². The third-order valence-electron chi connectivity index (χ3n) is 5.11. The lowest BCUT2D eigenvalue weighted by molar-refractivity contribution is -0.128. The van der Waals surface area contributed by atoms with Crippen LogP contribution in [0, 0.1) is 0 Å². The number of hydrogen-bond acceptors (Lipinski definition) is 6. The van der Waals surface area contributed by atoms with Gasteiger partial charge in [0.15, 0.2) is 0 Å². The van der Waals surface area contributed by atoms with Crippen molar-refractivity contribution in [1.82, 2.24) is 20.6 Å². The van der Waals surface area contributed by atoms with Crippen LogP contribution < -0.4 is 10.7 Å². The number of pyridine rings is 1.